The molecule has 1 aliphatic heterocycles. The van der Waals surface area contributed by atoms with Crippen LogP contribution in [0, 0.1) is 5.92 Å². The van der Waals surface area contributed by atoms with E-state index in [1.165, 1.54) is 5.56 Å². The Morgan fingerprint density at radius 3 is 2.70 bits per heavy atom. The molecule has 0 aliphatic carbocycles. The Morgan fingerprint density at radius 1 is 1.26 bits per heavy atom. The smallest absolute Gasteiger partial charge is 0.255 e. The predicted molar refractivity (Wildman–Crippen MR) is 107 cm³/mol. The number of piperidine rings is 1. The summed E-state index contributed by atoms with van der Waals surface area (Å²) in [4.78, 5) is 14.9. The minimum Gasteiger partial charge on any atom is -0.497 e. The van der Waals surface area contributed by atoms with Crippen LogP contribution in [0.1, 0.15) is 35.7 Å². The van der Waals surface area contributed by atoms with Gasteiger partial charge in [-0.15, -0.1) is 0 Å². The van der Waals surface area contributed by atoms with Gasteiger partial charge in [-0.1, -0.05) is 12.1 Å². The van der Waals surface area contributed by atoms with Crippen molar-refractivity contribution in [2.75, 3.05) is 25.6 Å². The number of aliphatic hydroxyl groups excluding tert-OH is 1. The van der Waals surface area contributed by atoms with E-state index >= 15 is 0 Å². The van der Waals surface area contributed by atoms with Crippen LogP contribution in [0.3, 0.4) is 0 Å². The minimum absolute atomic E-state index is 0.132. The van der Waals surface area contributed by atoms with Gasteiger partial charge in [0.05, 0.1) is 7.11 Å². The number of aliphatic hydroxyl groups is 1. The standard InChI is InChI=1S/C22H28N2O3/c1-16-12-18(15-25)10-11-24(16)14-17-4-3-5-20(13-17)23-22(26)19-6-8-21(27-2)9-7-19/h3-9,13,16,18,25H,10-12,14-15H2,1-2H3,(H,23,26)/t16-,18-/m0/s1. The second-order valence-electron chi connectivity index (χ2n) is 7.28. The van der Waals surface area contributed by atoms with E-state index in [1.807, 2.05) is 18.2 Å². The molecule has 0 saturated carbocycles. The first-order valence-electron chi connectivity index (χ1n) is 9.48. The fourth-order valence-electron chi connectivity index (χ4n) is 3.65. The third kappa shape index (κ3) is 5.08. The van der Waals surface area contributed by atoms with Gasteiger partial charge in [-0.2, -0.15) is 0 Å². The number of methoxy groups -OCH3 is 1. The molecule has 0 bridgehead atoms. The van der Waals surface area contributed by atoms with E-state index in [0.29, 0.717) is 17.5 Å². The normalized spacial score (nSPS) is 20.3. The Hall–Kier alpha value is -2.37. The number of likely N-dealkylation sites (tertiary alicyclic amines) is 1. The van der Waals surface area contributed by atoms with E-state index in [9.17, 15) is 9.90 Å². The van der Waals surface area contributed by atoms with Gasteiger partial charge in [0.2, 0.25) is 0 Å². The SMILES string of the molecule is COc1ccc(C(=O)Nc2cccc(CN3CC[C@H](CO)C[C@@H]3C)c2)cc1. The lowest BCUT2D eigenvalue weighted by molar-refractivity contribution is 0.0839. The molecule has 0 aromatic heterocycles. The molecule has 0 spiro atoms. The molecule has 0 radical (unpaired) electrons. The van der Waals surface area contributed by atoms with Gasteiger partial charge < -0.3 is 15.2 Å². The first-order chi connectivity index (χ1) is 13.1. The van der Waals surface area contributed by atoms with Gasteiger partial charge in [-0.05, 0) is 74.2 Å². The Kier molecular flexibility index (Phi) is 6.48. The maximum Gasteiger partial charge on any atom is 0.255 e. The van der Waals surface area contributed by atoms with E-state index in [4.69, 9.17) is 4.74 Å². The van der Waals surface area contributed by atoms with Crippen molar-refractivity contribution in [3.63, 3.8) is 0 Å². The third-order valence-corrected chi connectivity index (χ3v) is 5.30. The van der Waals surface area contributed by atoms with Gasteiger partial charge in [0.1, 0.15) is 5.75 Å². The van der Waals surface area contributed by atoms with Gasteiger partial charge >= 0.3 is 0 Å². The van der Waals surface area contributed by atoms with Crippen molar-refractivity contribution in [3.05, 3.63) is 59.7 Å². The predicted octanol–water partition coefficient (Wildman–Crippen LogP) is 3.54. The molecular weight excluding hydrogens is 340 g/mol. The fourth-order valence-corrected chi connectivity index (χ4v) is 3.65. The fraction of sp³-hybridized carbons (Fsp3) is 0.409. The number of ether oxygens (including phenoxy) is 1. The van der Waals surface area contributed by atoms with Crippen LogP contribution < -0.4 is 10.1 Å². The van der Waals surface area contributed by atoms with Crippen LogP contribution in [0.5, 0.6) is 5.75 Å². The summed E-state index contributed by atoms with van der Waals surface area (Å²) in [6, 6.07) is 15.5. The van der Waals surface area contributed by atoms with Crippen LogP contribution in [-0.4, -0.2) is 42.2 Å². The highest BCUT2D eigenvalue weighted by molar-refractivity contribution is 6.04. The largest absolute Gasteiger partial charge is 0.497 e. The van der Waals surface area contributed by atoms with Crippen LogP contribution in [0.4, 0.5) is 5.69 Å². The zero-order chi connectivity index (χ0) is 19.2. The summed E-state index contributed by atoms with van der Waals surface area (Å²) in [7, 11) is 1.60. The number of nitrogens with one attached hydrogen (secondary N) is 1. The van der Waals surface area contributed by atoms with E-state index in [2.05, 4.69) is 23.2 Å². The highest BCUT2D eigenvalue weighted by Gasteiger charge is 2.24. The number of carbonyl (C=O) groups excluding carboxylic acids is 1. The Bertz CT molecular complexity index is 760. The van der Waals surface area contributed by atoms with Gasteiger partial charge in [0.25, 0.3) is 5.91 Å². The van der Waals surface area contributed by atoms with Crippen LogP contribution in [0.2, 0.25) is 0 Å². The summed E-state index contributed by atoms with van der Waals surface area (Å²) >= 11 is 0. The Balaban J connectivity index is 1.62. The quantitative estimate of drug-likeness (QED) is 0.819. The van der Waals surface area contributed by atoms with Crippen LogP contribution in [-0.2, 0) is 6.54 Å². The summed E-state index contributed by atoms with van der Waals surface area (Å²) in [6.07, 6.45) is 2.07. The highest BCUT2D eigenvalue weighted by atomic mass is 16.5. The van der Waals surface area contributed by atoms with Gasteiger partial charge in [0, 0.05) is 30.4 Å². The molecule has 3 rings (SSSR count). The van der Waals surface area contributed by atoms with E-state index < -0.39 is 0 Å². The van der Waals surface area contributed by atoms with Gasteiger partial charge in [0.15, 0.2) is 0 Å². The Labute approximate surface area is 161 Å². The number of hydrogen-bond acceptors (Lipinski definition) is 4. The van der Waals surface area contributed by atoms with Crippen molar-refractivity contribution in [1.29, 1.82) is 0 Å². The summed E-state index contributed by atoms with van der Waals surface area (Å²) in [5, 5.41) is 12.3. The highest BCUT2D eigenvalue weighted by Crippen LogP contribution is 2.24. The van der Waals surface area contributed by atoms with Crippen molar-refractivity contribution in [2.24, 2.45) is 5.92 Å². The molecule has 1 amide bonds. The van der Waals surface area contributed by atoms with Crippen LogP contribution in [0.15, 0.2) is 48.5 Å². The van der Waals surface area contributed by atoms with Crippen molar-refractivity contribution < 1.29 is 14.6 Å². The zero-order valence-corrected chi connectivity index (χ0v) is 16.0. The average Bonchev–Trinajstić information content (AvgIpc) is 2.70. The van der Waals surface area contributed by atoms with Crippen molar-refractivity contribution >= 4 is 11.6 Å². The topological polar surface area (TPSA) is 61.8 Å². The average molecular weight is 368 g/mol. The van der Waals surface area contributed by atoms with E-state index in [-0.39, 0.29) is 12.5 Å². The molecule has 2 aromatic carbocycles. The first kappa shape index (κ1) is 19.4. The molecule has 2 atom stereocenters. The maximum absolute atomic E-state index is 12.5. The lowest BCUT2D eigenvalue weighted by atomic mass is 9.92. The second kappa shape index (κ2) is 9.02. The third-order valence-electron chi connectivity index (χ3n) is 5.30. The number of carbonyl (C=O) groups is 1. The number of benzene rings is 2. The van der Waals surface area contributed by atoms with E-state index in [0.717, 1.165) is 37.4 Å². The molecule has 1 saturated heterocycles. The monoisotopic (exact) mass is 368 g/mol. The number of anilines is 1. The number of hydrogen-bond donors (Lipinski definition) is 2. The number of amides is 1. The maximum atomic E-state index is 12.5. The molecule has 5 nitrogen and oxygen atoms in total. The molecule has 1 fully saturated rings. The summed E-state index contributed by atoms with van der Waals surface area (Å²) < 4.78 is 5.13. The number of rotatable bonds is 6. The molecule has 0 unspecified atom stereocenters. The summed E-state index contributed by atoms with van der Waals surface area (Å²) in [5.41, 5.74) is 2.57. The molecule has 144 valence electrons. The number of nitrogens with zero attached hydrogens (tertiary/aromatic N) is 1. The minimum atomic E-state index is -0.132. The molecule has 1 heterocycles. The lowest BCUT2D eigenvalue weighted by Gasteiger charge is -2.37. The molecule has 2 aromatic rings. The molecular formula is C22H28N2O3. The van der Waals surface area contributed by atoms with E-state index in [1.54, 1.807) is 31.4 Å². The van der Waals surface area contributed by atoms with Crippen LogP contribution >= 0.6 is 0 Å². The van der Waals surface area contributed by atoms with Crippen molar-refractivity contribution in [3.8, 4) is 5.75 Å². The molecule has 27 heavy (non-hydrogen) atoms. The molecule has 2 N–H and O–H groups in total. The first-order valence-corrected chi connectivity index (χ1v) is 9.48. The summed E-state index contributed by atoms with van der Waals surface area (Å²) in [6.45, 7) is 4.35. The molecule has 1 aliphatic rings. The molecule has 5 heteroatoms. The summed E-state index contributed by atoms with van der Waals surface area (Å²) in [5.74, 6) is 1.02. The second-order valence-corrected chi connectivity index (χ2v) is 7.28. The lowest BCUT2D eigenvalue weighted by Crippen LogP contribution is -2.41. The van der Waals surface area contributed by atoms with Crippen molar-refractivity contribution in [1.82, 2.24) is 4.90 Å². The van der Waals surface area contributed by atoms with Crippen molar-refractivity contribution in [2.45, 2.75) is 32.4 Å². The van der Waals surface area contributed by atoms with Crippen LogP contribution in [0.25, 0.3) is 0 Å². The zero-order valence-electron chi connectivity index (χ0n) is 16.0. The van der Waals surface area contributed by atoms with Gasteiger partial charge in [-0.3, -0.25) is 9.69 Å². The Morgan fingerprint density at radius 2 is 2.04 bits per heavy atom. The van der Waals surface area contributed by atoms with Gasteiger partial charge in [-0.25, -0.2) is 0 Å².